The fourth-order valence-electron chi connectivity index (χ4n) is 2.12. The van der Waals surface area contributed by atoms with Crippen LogP contribution < -0.4 is 0 Å². The van der Waals surface area contributed by atoms with Crippen molar-refractivity contribution >= 4 is 0 Å². The van der Waals surface area contributed by atoms with Gasteiger partial charge in [-0.15, -0.1) is 0 Å². The van der Waals surface area contributed by atoms with Crippen LogP contribution in [0.1, 0.15) is 48.0 Å². The van der Waals surface area contributed by atoms with Crippen LogP contribution in [-0.4, -0.2) is 48.4 Å². The van der Waals surface area contributed by atoms with Gasteiger partial charge in [-0.25, -0.2) is 0 Å². The molecule has 0 heterocycles. The number of ether oxygens (including phenoxy) is 1. The molecule has 0 aromatic rings. The third kappa shape index (κ3) is 4.81. The summed E-state index contributed by atoms with van der Waals surface area (Å²) in [6.07, 6.45) is 1.51. The molecule has 98 valence electrons. The second kappa shape index (κ2) is 8.97. The summed E-state index contributed by atoms with van der Waals surface area (Å²) in [5.74, 6) is 0. The van der Waals surface area contributed by atoms with E-state index in [2.05, 4.69) is 51.3 Å². The quantitative estimate of drug-likeness (QED) is 0.566. The van der Waals surface area contributed by atoms with Crippen LogP contribution in [0.4, 0.5) is 0 Å². The van der Waals surface area contributed by atoms with Crippen molar-refractivity contribution in [1.82, 2.24) is 9.80 Å². The van der Waals surface area contributed by atoms with Gasteiger partial charge in [0, 0.05) is 0 Å². The van der Waals surface area contributed by atoms with Crippen molar-refractivity contribution < 1.29 is 4.74 Å². The summed E-state index contributed by atoms with van der Waals surface area (Å²) in [6.45, 7) is 17.3. The summed E-state index contributed by atoms with van der Waals surface area (Å²) < 4.78 is 6.14. The molecule has 0 aromatic heterocycles. The minimum absolute atomic E-state index is 0.209. The Kier molecular flexibility index (Phi) is 8.90. The topological polar surface area (TPSA) is 15.7 Å². The van der Waals surface area contributed by atoms with Crippen LogP contribution >= 0.6 is 0 Å². The van der Waals surface area contributed by atoms with Gasteiger partial charge >= 0.3 is 0 Å². The highest BCUT2D eigenvalue weighted by Gasteiger charge is 2.19. The molecule has 0 aliphatic heterocycles. The maximum atomic E-state index is 6.14. The van der Waals surface area contributed by atoms with Crippen LogP contribution in [0.15, 0.2) is 0 Å². The van der Waals surface area contributed by atoms with Crippen molar-refractivity contribution in [3.05, 3.63) is 0 Å². The van der Waals surface area contributed by atoms with Crippen molar-refractivity contribution in [2.75, 3.05) is 26.2 Å². The Hall–Kier alpha value is -0.120. The summed E-state index contributed by atoms with van der Waals surface area (Å²) >= 11 is 0. The molecule has 0 aliphatic rings. The average molecular weight is 230 g/mol. The lowest BCUT2D eigenvalue weighted by Crippen LogP contribution is -2.44. The van der Waals surface area contributed by atoms with Gasteiger partial charge in [0.2, 0.25) is 0 Å². The van der Waals surface area contributed by atoms with Gasteiger partial charge in [0.15, 0.2) is 0 Å². The first-order valence-electron chi connectivity index (χ1n) is 6.77. The van der Waals surface area contributed by atoms with Gasteiger partial charge in [-0.2, -0.15) is 0 Å². The van der Waals surface area contributed by atoms with Crippen LogP contribution in [0.2, 0.25) is 0 Å². The van der Waals surface area contributed by atoms with Gasteiger partial charge in [0.05, 0.1) is 0 Å². The zero-order valence-corrected chi connectivity index (χ0v) is 12.0. The van der Waals surface area contributed by atoms with Gasteiger partial charge in [0.25, 0.3) is 0 Å². The Morgan fingerprint density at radius 2 is 1.25 bits per heavy atom. The van der Waals surface area contributed by atoms with E-state index >= 15 is 0 Å². The Balaban J connectivity index is 4.29. The van der Waals surface area contributed by atoms with E-state index in [1.807, 2.05) is 0 Å². The second-order valence-corrected chi connectivity index (χ2v) is 4.04. The van der Waals surface area contributed by atoms with Gasteiger partial charge in [-0.3, -0.25) is 9.80 Å². The average Bonchev–Trinajstić information content (AvgIpc) is 2.30. The molecule has 3 nitrogen and oxygen atoms in total. The Labute approximate surface area is 102 Å². The molecule has 0 radical (unpaired) electrons. The maximum absolute atomic E-state index is 6.14. The van der Waals surface area contributed by atoms with E-state index in [0.717, 1.165) is 32.6 Å². The van der Waals surface area contributed by atoms with E-state index in [1.165, 1.54) is 0 Å². The SMILES string of the molecule is CCC(OC(C)N(CC)CC)N(CC)CC. The molecule has 0 spiro atoms. The summed E-state index contributed by atoms with van der Waals surface area (Å²) in [5, 5.41) is 0. The smallest absolute Gasteiger partial charge is 0.112 e. The fraction of sp³-hybridized carbons (Fsp3) is 1.00. The third-order valence-corrected chi connectivity index (χ3v) is 3.25. The third-order valence-electron chi connectivity index (χ3n) is 3.25. The lowest BCUT2D eigenvalue weighted by atomic mass is 10.3. The summed E-state index contributed by atoms with van der Waals surface area (Å²) in [5.41, 5.74) is 0. The zero-order chi connectivity index (χ0) is 12.6. The van der Waals surface area contributed by atoms with E-state index in [1.54, 1.807) is 0 Å². The molecular weight excluding hydrogens is 200 g/mol. The molecule has 16 heavy (non-hydrogen) atoms. The van der Waals surface area contributed by atoms with Crippen LogP contribution in [-0.2, 0) is 4.74 Å². The van der Waals surface area contributed by atoms with E-state index < -0.39 is 0 Å². The van der Waals surface area contributed by atoms with Crippen LogP contribution in [0.5, 0.6) is 0 Å². The molecule has 0 aliphatic carbocycles. The van der Waals surface area contributed by atoms with Gasteiger partial charge < -0.3 is 4.74 Å². The molecular formula is C13H30N2O. The largest absolute Gasteiger partial charge is 0.345 e. The number of hydrogen-bond acceptors (Lipinski definition) is 3. The lowest BCUT2D eigenvalue weighted by molar-refractivity contribution is -0.144. The summed E-state index contributed by atoms with van der Waals surface area (Å²) in [7, 11) is 0. The zero-order valence-electron chi connectivity index (χ0n) is 12.0. The van der Waals surface area contributed by atoms with Gasteiger partial charge in [0.1, 0.15) is 12.5 Å². The molecule has 2 atom stereocenters. The lowest BCUT2D eigenvalue weighted by Gasteiger charge is -2.35. The first-order valence-corrected chi connectivity index (χ1v) is 6.77. The minimum Gasteiger partial charge on any atom is -0.345 e. The number of rotatable bonds is 9. The highest BCUT2D eigenvalue weighted by Crippen LogP contribution is 2.11. The normalized spacial score (nSPS) is 15.8. The predicted octanol–water partition coefficient (Wildman–Crippen LogP) is 2.77. The fourth-order valence-corrected chi connectivity index (χ4v) is 2.12. The van der Waals surface area contributed by atoms with Crippen molar-refractivity contribution in [2.24, 2.45) is 0 Å². The Bertz CT molecular complexity index is 156. The predicted molar refractivity (Wildman–Crippen MR) is 70.5 cm³/mol. The van der Waals surface area contributed by atoms with Gasteiger partial charge in [-0.05, 0) is 39.5 Å². The molecule has 0 N–H and O–H groups in total. The van der Waals surface area contributed by atoms with Crippen molar-refractivity contribution in [1.29, 1.82) is 0 Å². The standard InChI is InChI=1S/C13H30N2O/c1-7-13(15(10-4)11-5)16-12(6)14(8-2)9-3/h12-13H,7-11H2,1-6H3. The number of nitrogens with zero attached hydrogens (tertiary/aromatic N) is 2. The molecule has 3 heteroatoms. The number of hydrogen-bond donors (Lipinski definition) is 0. The summed E-state index contributed by atoms with van der Waals surface area (Å²) in [6, 6.07) is 0. The molecule has 0 fully saturated rings. The molecule has 0 rings (SSSR count). The second-order valence-electron chi connectivity index (χ2n) is 4.04. The molecule has 0 saturated heterocycles. The first kappa shape index (κ1) is 15.9. The highest BCUT2D eigenvalue weighted by molar-refractivity contribution is 4.62. The summed E-state index contributed by atoms with van der Waals surface area (Å²) in [4.78, 5) is 4.71. The van der Waals surface area contributed by atoms with Crippen LogP contribution in [0, 0.1) is 0 Å². The minimum atomic E-state index is 0.209. The van der Waals surface area contributed by atoms with Crippen LogP contribution in [0.3, 0.4) is 0 Å². The van der Waals surface area contributed by atoms with E-state index in [9.17, 15) is 0 Å². The maximum Gasteiger partial charge on any atom is 0.112 e. The molecule has 0 amide bonds. The highest BCUT2D eigenvalue weighted by atomic mass is 16.5. The van der Waals surface area contributed by atoms with Gasteiger partial charge in [-0.1, -0.05) is 34.6 Å². The van der Waals surface area contributed by atoms with E-state index in [4.69, 9.17) is 4.74 Å². The van der Waals surface area contributed by atoms with Crippen molar-refractivity contribution in [2.45, 2.75) is 60.4 Å². The van der Waals surface area contributed by atoms with E-state index in [0.29, 0.717) is 0 Å². The van der Waals surface area contributed by atoms with Crippen LogP contribution in [0.25, 0.3) is 0 Å². The first-order chi connectivity index (χ1) is 7.64. The van der Waals surface area contributed by atoms with Crippen molar-refractivity contribution in [3.63, 3.8) is 0 Å². The monoisotopic (exact) mass is 230 g/mol. The Morgan fingerprint density at radius 1 is 0.812 bits per heavy atom. The molecule has 2 unspecified atom stereocenters. The molecule has 0 aromatic carbocycles. The molecule has 0 saturated carbocycles. The van der Waals surface area contributed by atoms with E-state index in [-0.39, 0.29) is 12.5 Å². The molecule has 0 bridgehead atoms. The van der Waals surface area contributed by atoms with Crippen molar-refractivity contribution in [3.8, 4) is 0 Å². The Morgan fingerprint density at radius 3 is 1.56 bits per heavy atom.